The molecule has 170 valence electrons. The lowest BCUT2D eigenvalue weighted by Gasteiger charge is -2.29. The van der Waals surface area contributed by atoms with Crippen molar-refractivity contribution in [2.24, 2.45) is 0 Å². The minimum absolute atomic E-state index is 0.0334. The SMILES string of the molecule is CCO/C(O)=C(\[N+]#N)C(=O)O[C@@H]1[C@@H]2OP(=O)(O)OC[C@H]2O[C@H]1n1cnc2c(N)ncnc21. The summed E-state index contributed by atoms with van der Waals surface area (Å²) in [6.45, 7) is 1.15. The average molecular weight is 470 g/mol. The first-order chi connectivity index (χ1) is 15.3. The zero-order chi connectivity index (χ0) is 23.0. The largest absolute Gasteiger partial charge is 0.547 e. The van der Waals surface area contributed by atoms with Crippen LogP contribution >= 0.6 is 7.82 Å². The lowest BCUT2D eigenvalue weighted by atomic mass is 10.1. The number of anilines is 1. The van der Waals surface area contributed by atoms with Crippen LogP contribution in [0.4, 0.5) is 5.82 Å². The summed E-state index contributed by atoms with van der Waals surface area (Å²) in [6, 6.07) is 0. The van der Waals surface area contributed by atoms with Crippen molar-refractivity contribution < 1.29 is 42.6 Å². The molecule has 17 heteroatoms. The first kappa shape index (κ1) is 21.9. The normalized spacial score (nSPS) is 30.3. The van der Waals surface area contributed by atoms with Crippen molar-refractivity contribution in [2.45, 2.75) is 31.5 Å². The number of carbonyl (C=O) groups is 1. The summed E-state index contributed by atoms with van der Waals surface area (Å²) in [6.07, 6.45) is -2.28. The summed E-state index contributed by atoms with van der Waals surface area (Å²) in [5, 5.41) is 18.9. The Morgan fingerprint density at radius 1 is 1.47 bits per heavy atom. The zero-order valence-electron chi connectivity index (χ0n) is 16.3. The van der Waals surface area contributed by atoms with Gasteiger partial charge >= 0.3 is 25.4 Å². The Labute approximate surface area is 178 Å². The van der Waals surface area contributed by atoms with Crippen molar-refractivity contribution in [3.8, 4) is 0 Å². The molecule has 0 amide bonds. The Morgan fingerprint density at radius 2 is 2.25 bits per heavy atom. The maximum Gasteiger partial charge on any atom is 0.547 e. The number of fused-ring (bicyclic) bond motifs is 2. The number of imidazole rings is 1. The Bertz CT molecular complexity index is 1180. The van der Waals surface area contributed by atoms with Crippen molar-refractivity contribution in [1.29, 1.82) is 5.39 Å². The standard InChI is InChI=1S/C15H16N7O9P/c1-2-27-14(23)8(21-17)15(24)30-10-9-6(3-28-32(25,26)31-9)29-13(10)22-5-20-7-11(16)18-4-19-12(7)22/h4-6,9-10,13H,2-3H2,1H3,(H3-,16,18,19,23,24,25,26)/p+1/t6-,9-,10-,13-/m1/s1. The molecule has 4 heterocycles. The fraction of sp³-hybridized carbons (Fsp3) is 0.467. The molecule has 2 aromatic rings. The molecule has 4 N–H and O–H groups in total. The van der Waals surface area contributed by atoms with Gasteiger partial charge in [-0.3, -0.25) is 13.6 Å². The van der Waals surface area contributed by atoms with E-state index in [1.165, 1.54) is 24.1 Å². The number of phosphoric acid groups is 1. The highest BCUT2D eigenvalue weighted by Gasteiger charge is 2.56. The molecule has 2 fully saturated rings. The third kappa shape index (κ3) is 3.83. The summed E-state index contributed by atoms with van der Waals surface area (Å²) in [4.78, 5) is 37.1. The number of ether oxygens (including phenoxy) is 3. The van der Waals surface area contributed by atoms with Crippen LogP contribution in [0, 0.1) is 5.39 Å². The average Bonchev–Trinajstić information content (AvgIpc) is 3.30. The highest BCUT2D eigenvalue weighted by Crippen LogP contribution is 2.53. The van der Waals surface area contributed by atoms with Gasteiger partial charge in [0.2, 0.25) is 5.39 Å². The van der Waals surface area contributed by atoms with Crippen LogP contribution < -0.4 is 5.73 Å². The number of aliphatic hydroxyl groups excluding tert-OH is 1. The van der Waals surface area contributed by atoms with Crippen LogP contribution in [0.15, 0.2) is 24.3 Å². The van der Waals surface area contributed by atoms with E-state index < -0.39 is 50.0 Å². The van der Waals surface area contributed by atoms with Gasteiger partial charge in [0.1, 0.15) is 24.1 Å². The highest BCUT2D eigenvalue weighted by molar-refractivity contribution is 7.47. The number of nitrogens with two attached hydrogens (primary N) is 1. The minimum atomic E-state index is -4.46. The van der Waals surface area contributed by atoms with E-state index in [0.29, 0.717) is 0 Å². The number of hydrogen-bond acceptors (Lipinski definition) is 13. The summed E-state index contributed by atoms with van der Waals surface area (Å²) >= 11 is 0. The molecule has 0 spiro atoms. The fourth-order valence-corrected chi connectivity index (χ4v) is 4.24. The first-order valence-electron chi connectivity index (χ1n) is 9.12. The second-order valence-corrected chi connectivity index (χ2v) is 7.95. The number of rotatable bonds is 5. The smallest absolute Gasteiger partial charge is 0.475 e. The molecule has 2 aliphatic rings. The predicted molar refractivity (Wildman–Crippen MR) is 101 cm³/mol. The highest BCUT2D eigenvalue weighted by atomic mass is 31.2. The van der Waals surface area contributed by atoms with Crippen LogP contribution in [0.3, 0.4) is 0 Å². The fourth-order valence-electron chi connectivity index (χ4n) is 3.28. The molecule has 0 radical (unpaired) electrons. The van der Waals surface area contributed by atoms with Crippen molar-refractivity contribution in [1.82, 2.24) is 19.5 Å². The summed E-state index contributed by atoms with van der Waals surface area (Å²) < 4.78 is 39.2. The lowest BCUT2D eigenvalue weighted by Crippen LogP contribution is -2.41. The molecule has 0 aromatic carbocycles. The monoisotopic (exact) mass is 470 g/mol. The maximum absolute atomic E-state index is 12.6. The predicted octanol–water partition coefficient (Wildman–Crippen LogP) is 0.350. The van der Waals surface area contributed by atoms with Crippen LogP contribution in [-0.2, 0) is 32.6 Å². The molecule has 0 bridgehead atoms. The summed E-state index contributed by atoms with van der Waals surface area (Å²) in [7, 11) is -4.46. The van der Waals surface area contributed by atoms with Crippen LogP contribution in [0.2, 0.25) is 0 Å². The minimum Gasteiger partial charge on any atom is -0.475 e. The van der Waals surface area contributed by atoms with Gasteiger partial charge in [-0.1, -0.05) is 0 Å². The van der Waals surface area contributed by atoms with Gasteiger partial charge in [0.15, 0.2) is 28.8 Å². The number of esters is 1. The first-order valence-corrected chi connectivity index (χ1v) is 10.6. The number of phosphoric ester groups is 1. The van der Waals surface area contributed by atoms with Crippen molar-refractivity contribution >= 4 is 30.8 Å². The van der Waals surface area contributed by atoms with Crippen molar-refractivity contribution in [3.63, 3.8) is 0 Å². The molecular weight excluding hydrogens is 453 g/mol. The third-order valence-corrected chi connectivity index (χ3v) is 5.61. The van der Waals surface area contributed by atoms with Gasteiger partial charge in [-0.25, -0.2) is 24.3 Å². The summed E-state index contributed by atoms with van der Waals surface area (Å²) in [5.74, 6) is -2.22. The van der Waals surface area contributed by atoms with E-state index in [9.17, 15) is 19.4 Å². The van der Waals surface area contributed by atoms with E-state index in [2.05, 4.69) is 19.9 Å². The van der Waals surface area contributed by atoms with E-state index in [1.807, 2.05) is 0 Å². The van der Waals surface area contributed by atoms with E-state index in [0.717, 1.165) is 0 Å². The van der Waals surface area contributed by atoms with Crippen molar-refractivity contribution in [2.75, 3.05) is 18.9 Å². The second kappa shape index (κ2) is 8.30. The number of nitrogens with zero attached hydrogens (tertiary/aromatic N) is 6. The Hall–Kier alpha value is -3.35. The molecule has 4 rings (SSSR count). The number of aromatic nitrogens is 4. The molecule has 1 unspecified atom stereocenters. The molecule has 32 heavy (non-hydrogen) atoms. The van der Waals surface area contributed by atoms with Crippen LogP contribution in [-0.4, -0.2) is 67.0 Å². The zero-order valence-corrected chi connectivity index (χ0v) is 17.2. The van der Waals surface area contributed by atoms with Gasteiger partial charge in [-0.2, -0.15) is 0 Å². The van der Waals surface area contributed by atoms with E-state index in [4.69, 9.17) is 34.4 Å². The molecule has 0 saturated carbocycles. The third-order valence-electron chi connectivity index (χ3n) is 4.62. The Morgan fingerprint density at radius 3 is 2.97 bits per heavy atom. The number of nitrogen functional groups attached to an aromatic ring is 1. The number of diazo groups is 1. The van der Waals surface area contributed by atoms with Crippen LogP contribution in [0.25, 0.3) is 16.1 Å². The lowest BCUT2D eigenvalue weighted by molar-refractivity contribution is -0.153. The maximum atomic E-state index is 12.6. The van der Waals surface area contributed by atoms with Crippen molar-refractivity contribution in [3.05, 3.63) is 29.3 Å². The van der Waals surface area contributed by atoms with Crippen LogP contribution in [0.1, 0.15) is 13.2 Å². The molecular formula is C15H17N7O9P+. The van der Waals surface area contributed by atoms with E-state index in [-0.39, 0.29) is 30.2 Å². The molecule has 2 aromatic heterocycles. The van der Waals surface area contributed by atoms with Gasteiger partial charge in [-0.15, -0.1) is 0 Å². The van der Waals surface area contributed by atoms with Gasteiger partial charge in [0.05, 0.1) is 19.5 Å². The van der Waals surface area contributed by atoms with E-state index >= 15 is 0 Å². The molecule has 2 aliphatic heterocycles. The van der Waals surface area contributed by atoms with E-state index in [1.54, 1.807) is 0 Å². The number of aliphatic hydroxyl groups is 1. The summed E-state index contributed by atoms with van der Waals surface area (Å²) in [5.41, 5.74) is 5.32. The van der Waals surface area contributed by atoms with Gasteiger partial charge in [-0.05, 0) is 6.92 Å². The molecule has 2 saturated heterocycles. The Balaban J connectivity index is 1.73. The molecule has 16 nitrogen and oxygen atoms in total. The number of carbonyl (C=O) groups excluding carboxylic acids is 1. The van der Waals surface area contributed by atoms with Gasteiger partial charge < -0.3 is 29.9 Å². The second-order valence-electron chi connectivity index (χ2n) is 6.54. The van der Waals surface area contributed by atoms with Gasteiger partial charge in [0, 0.05) is 0 Å². The molecule has 5 atom stereocenters. The van der Waals surface area contributed by atoms with Gasteiger partial charge in [0.25, 0.3) is 0 Å². The van der Waals surface area contributed by atoms with Crippen LogP contribution in [0.5, 0.6) is 0 Å². The topological polar surface area (TPSA) is 219 Å². The number of hydrogen-bond donors (Lipinski definition) is 3. The Kier molecular flexibility index (Phi) is 5.67. The quantitative estimate of drug-likeness (QED) is 0.177. The molecule has 0 aliphatic carbocycles.